The predicted molar refractivity (Wildman–Crippen MR) is 80.4 cm³/mol. The topological polar surface area (TPSA) is 66.9 Å². The molecule has 0 bridgehead atoms. The summed E-state index contributed by atoms with van der Waals surface area (Å²) in [6.07, 6.45) is 2.51. The zero-order valence-electron chi connectivity index (χ0n) is 13.3. The Morgan fingerprint density at radius 1 is 1.10 bits per heavy atom. The highest BCUT2D eigenvalue weighted by Crippen LogP contribution is 2.27. The number of nitrogens with zero attached hydrogens (tertiary/aromatic N) is 2. The average molecular weight is 318 g/mol. The third kappa shape index (κ3) is 4.17. The molecule has 0 aliphatic carbocycles. The second kappa shape index (κ2) is 5.85. The monoisotopic (exact) mass is 318 g/mol. The van der Waals surface area contributed by atoms with Crippen LogP contribution in [0.1, 0.15) is 40.0 Å². The van der Waals surface area contributed by atoms with Gasteiger partial charge in [-0.25, -0.2) is 0 Å². The molecule has 2 rings (SSSR count). The smallest absolute Gasteiger partial charge is 0.265 e. The quantitative estimate of drug-likeness (QED) is 0.721. The fraction of sp³-hybridized carbons (Fsp3) is 0.929. The van der Waals surface area contributed by atoms with Gasteiger partial charge < -0.3 is 4.90 Å². The largest absolute Gasteiger partial charge is 0.337 e. The van der Waals surface area contributed by atoms with E-state index in [2.05, 4.69) is 25.7 Å². The van der Waals surface area contributed by atoms with Gasteiger partial charge in [0.25, 0.3) is 16.0 Å². The van der Waals surface area contributed by atoms with Crippen LogP contribution in [0.25, 0.3) is 0 Å². The molecule has 2 aliphatic heterocycles. The summed E-state index contributed by atoms with van der Waals surface area (Å²) in [6, 6.07) is 0.212. The Hall–Kier alpha value is -0.660. The van der Waals surface area contributed by atoms with Crippen molar-refractivity contribution < 1.29 is 17.4 Å². The fourth-order valence-electron chi connectivity index (χ4n) is 3.19. The van der Waals surface area contributed by atoms with Crippen LogP contribution in [0.4, 0.5) is 0 Å². The first-order valence-corrected chi connectivity index (χ1v) is 9.33. The van der Waals surface area contributed by atoms with E-state index >= 15 is 0 Å². The molecule has 0 aromatic carbocycles. The highest BCUT2D eigenvalue weighted by Gasteiger charge is 2.40. The number of rotatable bonds is 3. The molecule has 0 aromatic heterocycles. The Morgan fingerprint density at radius 2 is 1.67 bits per heavy atom. The SMILES string of the molecule is CC(C)(C)N1CCC(N2CC[C@@H](OS(C)(=O)=O)C2=O)CC1. The van der Waals surface area contributed by atoms with Crippen molar-refractivity contribution in [2.45, 2.75) is 57.7 Å². The summed E-state index contributed by atoms with van der Waals surface area (Å²) in [7, 11) is -3.58. The van der Waals surface area contributed by atoms with Gasteiger partial charge in [-0.2, -0.15) is 8.42 Å². The van der Waals surface area contributed by atoms with Gasteiger partial charge in [-0.3, -0.25) is 13.9 Å². The van der Waals surface area contributed by atoms with E-state index in [1.807, 2.05) is 4.90 Å². The number of carbonyl (C=O) groups excluding carboxylic acids is 1. The number of piperidine rings is 1. The van der Waals surface area contributed by atoms with Gasteiger partial charge in [0.1, 0.15) is 0 Å². The van der Waals surface area contributed by atoms with Gasteiger partial charge in [0, 0.05) is 37.6 Å². The lowest BCUT2D eigenvalue weighted by molar-refractivity contribution is -0.136. The van der Waals surface area contributed by atoms with E-state index in [1.165, 1.54) is 0 Å². The summed E-state index contributed by atoms with van der Waals surface area (Å²) >= 11 is 0. The highest BCUT2D eigenvalue weighted by molar-refractivity contribution is 7.86. The lowest BCUT2D eigenvalue weighted by Crippen LogP contribution is -2.51. The number of likely N-dealkylation sites (tertiary alicyclic amines) is 2. The van der Waals surface area contributed by atoms with Crippen LogP contribution < -0.4 is 0 Å². The van der Waals surface area contributed by atoms with E-state index in [0.717, 1.165) is 32.2 Å². The van der Waals surface area contributed by atoms with Crippen LogP contribution in [0.2, 0.25) is 0 Å². The number of hydrogen-bond donors (Lipinski definition) is 0. The molecule has 2 aliphatic rings. The first-order valence-electron chi connectivity index (χ1n) is 7.52. The van der Waals surface area contributed by atoms with E-state index in [4.69, 9.17) is 4.18 Å². The Balaban J connectivity index is 1.92. The second-order valence-electron chi connectivity index (χ2n) is 7.00. The van der Waals surface area contributed by atoms with Gasteiger partial charge in [0.2, 0.25) is 0 Å². The van der Waals surface area contributed by atoms with E-state index < -0.39 is 16.2 Å². The summed E-state index contributed by atoms with van der Waals surface area (Å²) in [5, 5.41) is 0. The zero-order valence-corrected chi connectivity index (χ0v) is 14.1. The molecule has 0 saturated carbocycles. The van der Waals surface area contributed by atoms with Crippen LogP contribution in [-0.2, 0) is 19.1 Å². The zero-order chi connectivity index (χ0) is 15.8. The summed E-state index contributed by atoms with van der Waals surface area (Å²) in [5.74, 6) is -0.172. The molecule has 2 saturated heterocycles. The van der Waals surface area contributed by atoms with Crippen molar-refractivity contribution in [1.29, 1.82) is 0 Å². The number of carbonyl (C=O) groups is 1. The van der Waals surface area contributed by atoms with Crippen molar-refractivity contribution in [2.75, 3.05) is 25.9 Å². The van der Waals surface area contributed by atoms with Crippen molar-refractivity contribution in [3.63, 3.8) is 0 Å². The minimum atomic E-state index is -3.58. The maximum Gasteiger partial charge on any atom is 0.265 e. The lowest BCUT2D eigenvalue weighted by atomic mass is 9.97. The van der Waals surface area contributed by atoms with Crippen LogP contribution in [0.5, 0.6) is 0 Å². The third-order valence-corrected chi connectivity index (χ3v) is 4.92. The molecular weight excluding hydrogens is 292 g/mol. The molecule has 0 aromatic rings. The molecule has 2 fully saturated rings. The lowest BCUT2D eigenvalue weighted by Gasteiger charge is -2.43. The standard InChI is InChI=1S/C14H26N2O4S/c1-14(2,3)15-8-5-11(6-9-15)16-10-7-12(13(16)17)20-21(4,18)19/h11-12H,5-10H2,1-4H3/t12-/m1/s1. The van der Waals surface area contributed by atoms with Crippen LogP contribution >= 0.6 is 0 Å². The minimum Gasteiger partial charge on any atom is -0.337 e. The predicted octanol–water partition coefficient (Wildman–Crippen LogP) is 0.826. The van der Waals surface area contributed by atoms with Crippen molar-refractivity contribution in [2.24, 2.45) is 0 Å². The number of amides is 1. The molecule has 0 spiro atoms. The summed E-state index contributed by atoms with van der Waals surface area (Å²) < 4.78 is 27.2. The van der Waals surface area contributed by atoms with Crippen LogP contribution in [0.3, 0.4) is 0 Å². The van der Waals surface area contributed by atoms with Gasteiger partial charge >= 0.3 is 0 Å². The molecule has 0 N–H and O–H groups in total. The van der Waals surface area contributed by atoms with Gasteiger partial charge in [-0.05, 0) is 33.6 Å². The molecule has 21 heavy (non-hydrogen) atoms. The molecule has 1 atom stereocenters. The van der Waals surface area contributed by atoms with E-state index in [9.17, 15) is 13.2 Å². The van der Waals surface area contributed by atoms with Crippen molar-refractivity contribution in [3.8, 4) is 0 Å². The van der Waals surface area contributed by atoms with Crippen molar-refractivity contribution in [1.82, 2.24) is 9.80 Å². The van der Waals surface area contributed by atoms with Gasteiger partial charge in [-0.15, -0.1) is 0 Å². The van der Waals surface area contributed by atoms with Crippen LogP contribution in [0.15, 0.2) is 0 Å². The first kappa shape index (κ1) is 16.7. The minimum absolute atomic E-state index is 0.155. The average Bonchev–Trinajstić information content (AvgIpc) is 2.68. The van der Waals surface area contributed by atoms with Gasteiger partial charge in [-0.1, -0.05) is 0 Å². The molecular formula is C14H26N2O4S. The van der Waals surface area contributed by atoms with Gasteiger partial charge in [0.05, 0.1) is 6.26 Å². The Kier molecular flexibility index (Phi) is 4.66. The third-order valence-electron chi connectivity index (χ3n) is 4.34. The molecule has 1 amide bonds. The molecule has 2 heterocycles. The normalized spacial score (nSPS) is 26.6. The molecule has 6 nitrogen and oxygen atoms in total. The maximum atomic E-state index is 12.3. The summed E-state index contributed by atoms with van der Waals surface area (Å²) in [6.45, 7) is 9.13. The summed E-state index contributed by atoms with van der Waals surface area (Å²) in [4.78, 5) is 16.5. The highest BCUT2D eigenvalue weighted by atomic mass is 32.2. The van der Waals surface area contributed by atoms with Gasteiger partial charge in [0.15, 0.2) is 6.10 Å². The van der Waals surface area contributed by atoms with Crippen LogP contribution in [0, 0.1) is 0 Å². The molecule has 7 heteroatoms. The molecule has 122 valence electrons. The van der Waals surface area contributed by atoms with Crippen LogP contribution in [-0.4, -0.2) is 67.7 Å². The first-order chi connectivity index (χ1) is 9.58. The van der Waals surface area contributed by atoms with Crippen molar-refractivity contribution >= 4 is 16.0 Å². The summed E-state index contributed by atoms with van der Waals surface area (Å²) in [5.41, 5.74) is 0.155. The van der Waals surface area contributed by atoms with E-state index in [-0.39, 0.29) is 17.5 Å². The number of hydrogen-bond acceptors (Lipinski definition) is 5. The van der Waals surface area contributed by atoms with E-state index in [1.54, 1.807) is 0 Å². The Morgan fingerprint density at radius 3 is 2.14 bits per heavy atom. The maximum absolute atomic E-state index is 12.3. The second-order valence-corrected chi connectivity index (χ2v) is 8.60. The van der Waals surface area contributed by atoms with E-state index in [0.29, 0.717) is 13.0 Å². The Bertz CT molecular complexity index is 490. The molecule has 0 unspecified atom stereocenters. The van der Waals surface area contributed by atoms with Crippen molar-refractivity contribution in [3.05, 3.63) is 0 Å². The Labute approximate surface area is 127 Å². The fourth-order valence-corrected chi connectivity index (χ4v) is 3.79. The molecule has 0 radical (unpaired) electrons.